The molecule has 3 fully saturated rings. The maximum Gasteiger partial charge on any atom is 0.0861 e. The Morgan fingerprint density at radius 2 is 1.69 bits per heavy atom. The molecule has 76 valence electrons. The predicted octanol–water partition coefficient (Wildman–Crippen LogP) is 2.81. The molecule has 2 bridgehead atoms. The lowest BCUT2D eigenvalue weighted by Gasteiger charge is -2.52. The van der Waals surface area contributed by atoms with Gasteiger partial charge in [-0.2, -0.15) is 0 Å². The zero-order valence-corrected chi connectivity index (χ0v) is 9.26. The Kier molecular flexibility index (Phi) is 2.64. The van der Waals surface area contributed by atoms with Gasteiger partial charge in [0.25, 0.3) is 0 Å². The van der Waals surface area contributed by atoms with E-state index in [1.54, 1.807) is 0 Å². The number of hydrogen-bond donors (Lipinski definition) is 0. The average Bonchev–Trinajstić information content (AvgIpc) is 2.21. The normalized spacial score (nSPS) is 40.6. The zero-order chi connectivity index (χ0) is 9.31. The zero-order valence-electron chi connectivity index (χ0n) is 9.26. The van der Waals surface area contributed by atoms with E-state index in [-0.39, 0.29) is 0 Å². The summed E-state index contributed by atoms with van der Waals surface area (Å²) in [6.45, 7) is 9.28. The van der Waals surface area contributed by atoms with Crippen molar-refractivity contribution in [3.63, 3.8) is 0 Å². The Bertz CT molecular complexity index is 154. The molecule has 0 N–H and O–H groups in total. The monoisotopic (exact) mass is 182 g/mol. The molecule has 3 saturated heterocycles. The first-order valence-electron chi connectivity index (χ1n) is 6.12. The van der Waals surface area contributed by atoms with Crippen LogP contribution in [0.4, 0.5) is 0 Å². The summed E-state index contributed by atoms with van der Waals surface area (Å²) < 4.78 is 1.48. The van der Waals surface area contributed by atoms with E-state index in [0.717, 1.165) is 12.0 Å². The van der Waals surface area contributed by atoms with Crippen LogP contribution in [-0.2, 0) is 0 Å². The molecule has 0 aromatic rings. The van der Waals surface area contributed by atoms with Crippen LogP contribution >= 0.6 is 0 Å². The minimum atomic E-state index is 0.936. The fraction of sp³-hybridized carbons (Fsp3) is 1.00. The van der Waals surface area contributed by atoms with E-state index in [4.69, 9.17) is 0 Å². The van der Waals surface area contributed by atoms with Gasteiger partial charge in [0.05, 0.1) is 25.7 Å². The lowest BCUT2D eigenvalue weighted by atomic mass is 9.84. The predicted molar refractivity (Wildman–Crippen MR) is 56.6 cm³/mol. The van der Waals surface area contributed by atoms with Gasteiger partial charge in [0, 0.05) is 0 Å². The van der Waals surface area contributed by atoms with Crippen molar-refractivity contribution in [1.82, 2.24) is 0 Å². The van der Waals surface area contributed by atoms with E-state index in [0.29, 0.717) is 0 Å². The minimum Gasteiger partial charge on any atom is -0.321 e. The SMILES string of the molecule is CCCC(C)[N+]12CCC(CC1)CC2. The second-order valence-corrected chi connectivity index (χ2v) is 5.26. The van der Waals surface area contributed by atoms with Crippen molar-refractivity contribution in [3.8, 4) is 0 Å². The number of rotatable bonds is 3. The summed E-state index contributed by atoms with van der Waals surface area (Å²) >= 11 is 0. The van der Waals surface area contributed by atoms with E-state index in [1.807, 2.05) is 0 Å². The first-order valence-corrected chi connectivity index (χ1v) is 6.12. The second-order valence-electron chi connectivity index (χ2n) is 5.26. The molecule has 0 amide bonds. The molecule has 0 aromatic carbocycles. The lowest BCUT2D eigenvalue weighted by molar-refractivity contribution is -0.963. The molecule has 1 unspecified atom stereocenters. The summed E-state index contributed by atoms with van der Waals surface area (Å²) in [5.74, 6) is 1.11. The molecule has 3 aliphatic rings. The van der Waals surface area contributed by atoms with Gasteiger partial charge in [0.15, 0.2) is 0 Å². The third kappa shape index (κ3) is 1.63. The molecule has 1 atom stereocenters. The molecule has 3 aliphatic heterocycles. The maximum absolute atomic E-state index is 2.48. The third-order valence-corrected chi connectivity index (χ3v) is 4.59. The highest BCUT2D eigenvalue weighted by molar-refractivity contribution is 4.73. The summed E-state index contributed by atoms with van der Waals surface area (Å²) in [4.78, 5) is 0. The summed E-state index contributed by atoms with van der Waals surface area (Å²) in [5, 5.41) is 0. The smallest absolute Gasteiger partial charge is 0.0861 e. The number of hydrogen-bond acceptors (Lipinski definition) is 0. The number of nitrogens with zero attached hydrogens (tertiary/aromatic N) is 1. The molecule has 0 spiro atoms. The van der Waals surface area contributed by atoms with Crippen LogP contribution in [0.3, 0.4) is 0 Å². The van der Waals surface area contributed by atoms with Crippen LogP contribution in [0.5, 0.6) is 0 Å². The minimum absolute atomic E-state index is 0.936. The van der Waals surface area contributed by atoms with E-state index < -0.39 is 0 Å². The van der Waals surface area contributed by atoms with Crippen molar-refractivity contribution in [2.24, 2.45) is 5.92 Å². The van der Waals surface area contributed by atoms with E-state index in [9.17, 15) is 0 Å². The van der Waals surface area contributed by atoms with Crippen LogP contribution in [-0.4, -0.2) is 30.2 Å². The Hall–Kier alpha value is -0.0400. The van der Waals surface area contributed by atoms with Gasteiger partial charge >= 0.3 is 0 Å². The number of quaternary nitrogens is 1. The molecule has 0 aromatic heterocycles. The van der Waals surface area contributed by atoms with E-state index in [2.05, 4.69) is 13.8 Å². The molecule has 3 heterocycles. The molecule has 3 rings (SSSR count). The van der Waals surface area contributed by atoms with Crippen LogP contribution in [0.2, 0.25) is 0 Å². The van der Waals surface area contributed by atoms with Crippen LogP contribution in [0.1, 0.15) is 46.0 Å². The van der Waals surface area contributed by atoms with Gasteiger partial charge in [0.2, 0.25) is 0 Å². The Balaban J connectivity index is 2.01. The van der Waals surface area contributed by atoms with Gasteiger partial charge < -0.3 is 4.48 Å². The maximum atomic E-state index is 2.48. The highest BCUT2D eigenvalue weighted by atomic mass is 15.4. The highest BCUT2D eigenvalue weighted by Gasteiger charge is 2.42. The Morgan fingerprint density at radius 3 is 2.15 bits per heavy atom. The molecule has 0 radical (unpaired) electrons. The molecular formula is C12H24N+. The van der Waals surface area contributed by atoms with E-state index in [1.165, 1.54) is 56.2 Å². The van der Waals surface area contributed by atoms with Gasteiger partial charge in [0.1, 0.15) is 0 Å². The quantitative estimate of drug-likeness (QED) is 0.589. The Labute approximate surface area is 82.7 Å². The lowest BCUT2D eigenvalue weighted by Crippen LogP contribution is -2.62. The summed E-state index contributed by atoms with van der Waals surface area (Å²) in [6.07, 6.45) is 7.37. The largest absolute Gasteiger partial charge is 0.321 e. The van der Waals surface area contributed by atoms with Gasteiger partial charge in [-0.1, -0.05) is 13.3 Å². The molecule has 1 nitrogen and oxygen atoms in total. The van der Waals surface area contributed by atoms with Crippen molar-refractivity contribution >= 4 is 0 Å². The standard InChI is InChI=1S/C12H24N/c1-3-4-11(2)13-8-5-12(6-9-13)7-10-13/h11-12H,3-10H2,1-2H3/q+1. The fourth-order valence-electron chi connectivity index (χ4n) is 3.44. The van der Waals surface area contributed by atoms with Crippen molar-refractivity contribution in [2.75, 3.05) is 19.6 Å². The molecule has 13 heavy (non-hydrogen) atoms. The number of piperidine rings is 3. The Morgan fingerprint density at radius 1 is 1.15 bits per heavy atom. The summed E-state index contributed by atoms with van der Waals surface area (Å²) in [5.41, 5.74) is 0. The van der Waals surface area contributed by atoms with Crippen LogP contribution < -0.4 is 0 Å². The first kappa shape index (κ1) is 9.51. The van der Waals surface area contributed by atoms with Gasteiger partial charge in [-0.3, -0.25) is 0 Å². The van der Waals surface area contributed by atoms with Crippen LogP contribution in [0.15, 0.2) is 0 Å². The fourth-order valence-corrected chi connectivity index (χ4v) is 3.44. The summed E-state index contributed by atoms with van der Waals surface area (Å²) in [6, 6.07) is 0.936. The number of fused-ring (bicyclic) bond motifs is 3. The van der Waals surface area contributed by atoms with Crippen molar-refractivity contribution in [2.45, 2.75) is 52.0 Å². The summed E-state index contributed by atoms with van der Waals surface area (Å²) in [7, 11) is 0. The van der Waals surface area contributed by atoms with Crippen molar-refractivity contribution in [1.29, 1.82) is 0 Å². The van der Waals surface area contributed by atoms with Gasteiger partial charge in [-0.15, -0.1) is 0 Å². The van der Waals surface area contributed by atoms with E-state index >= 15 is 0 Å². The van der Waals surface area contributed by atoms with Gasteiger partial charge in [-0.25, -0.2) is 0 Å². The molecule has 0 saturated carbocycles. The average molecular weight is 182 g/mol. The van der Waals surface area contributed by atoms with Crippen LogP contribution in [0, 0.1) is 5.92 Å². The third-order valence-electron chi connectivity index (χ3n) is 4.59. The second kappa shape index (κ2) is 3.61. The highest BCUT2D eigenvalue weighted by Crippen LogP contribution is 2.36. The van der Waals surface area contributed by atoms with Crippen molar-refractivity contribution < 1.29 is 4.48 Å². The van der Waals surface area contributed by atoms with Crippen LogP contribution in [0.25, 0.3) is 0 Å². The molecule has 1 heteroatoms. The molecular weight excluding hydrogens is 158 g/mol. The topological polar surface area (TPSA) is 0 Å². The molecule has 0 aliphatic carbocycles. The first-order chi connectivity index (χ1) is 6.27. The van der Waals surface area contributed by atoms with Crippen molar-refractivity contribution in [3.05, 3.63) is 0 Å². The van der Waals surface area contributed by atoms with Gasteiger partial charge in [-0.05, 0) is 38.5 Å².